The van der Waals surface area contributed by atoms with Crippen molar-refractivity contribution in [1.82, 2.24) is 0 Å². The molecular weight excluding hydrogens is 340 g/mol. The molecule has 3 heterocycles. The molecule has 0 bridgehead atoms. The van der Waals surface area contributed by atoms with Crippen molar-refractivity contribution < 1.29 is 9.69 Å². The smallest absolute Gasteiger partial charge is 0.268 e. The number of nitrogens with one attached hydrogen (secondary N) is 1. The summed E-state index contributed by atoms with van der Waals surface area (Å²) in [6, 6.07) is 9.19. The van der Waals surface area contributed by atoms with Crippen LogP contribution in [0.15, 0.2) is 24.3 Å². The minimum atomic E-state index is 0.238. The predicted molar refractivity (Wildman–Crippen MR) is 107 cm³/mol. The van der Waals surface area contributed by atoms with Crippen LogP contribution in [0.2, 0.25) is 0 Å². The lowest BCUT2D eigenvalue weighted by atomic mass is 9.89. The van der Waals surface area contributed by atoms with Crippen molar-refractivity contribution in [3.05, 3.63) is 50.7 Å². The lowest BCUT2D eigenvalue weighted by molar-refractivity contribution is -0.886. The molecule has 3 nitrogen and oxygen atoms in total. The van der Waals surface area contributed by atoms with Crippen LogP contribution in [-0.4, -0.2) is 32.1 Å². The number of hydrogen-bond acceptors (Lipinski definition) is 2. The average molecular weight is 368 g/mol. The van der Waals surface area contributed by atoms with E-state index in [9.17, 15) is 4.79 Å². The van der Waals surface area contributed by atoms with E-state index in [1.54, 1.807) is 16.2 Å². The Morgan fingerprint density at radius 1 is 1.23 bits per heavy atom. The fraction of sp³-hybridized carbons (Fsp3) is 0.500. The molecule has 2 aliphatic heterocycles. The van der Waals surface area contributed by atoms with Gasteiger partial charge in [-0.15, -0.1) is 11.3 Å². The zero-order valence-corrected chi connectivity index (χ0v) is 16.5. The number of aryl methyl sites for hydroxylation is 3. The standard InChI is InChI=1S/C22H26N2OS/c1-14-7-8-18-16(11-14)17-13-23(2)10-9-19(17)24(18)22(25)21-12-15-5-3-4-6-20(15)26-21/h7-8,11-12,17,19H,3-6,9-10,13H2,1-2H3/p+1/t17-,19+/m0/s1. The van der Waals surface area contributed by atoms with Gasteiger partial charge in [-0.25, -0.2) is 0 Å². The van der Waals surface area contributed by atoms with Gasteiger partial charge in [0.25, 0.3) is 5.91 Å². The number of quaternary nitrogens is 1. The Balaban J connectivity index is 1.55. The summed E-state index contributed by atoms with van der Waals surface area (Å²) in [5.41, 5.74) is 5.28. The number of likely N-dealkylation sites (N-methyl/N-ethyl adjacent to an activating group) is 1. The molecule has 1 aromatic heterocycles. The van der Waals surface area contributed by atoms with Crippen molar-refractivity contribution in [2.45, 2.75) is 51.0 Å². The maximum atomic E-state index is 13.6. The van der Waals surface area contributed by atoms with E-state index in [1.807, 2.05) is 0 Å². The summed E-state index contributed by atoms with van der Waals surface area (Å²) in [7, 11) is 2.28. The average Bonchev–Trinajstić information content (AvgIpc) is 3.20. The van der Waals surface area contributed by atoms with Crippen molar-refractivity contribution in [3.63, 3.8) is 0 Å². The van der Waals surface area contributed by atoms with Crippen LogP contribution in [-0.2, 0) is 12.8 Å². The number of hydrogen-bond donors (Lipinski definition) is 1. The largest absolute Gasteiger partial charge is 0.337 e. The van der Waals surface area contributed by atoms with Gasteiger partial charge in [-0.2, -0.15) is 0 Å². The van der Waals surface area contributed by atoms with E-state index in [1.165, 1.54) is 34.4 Å². The maximum Gasteiger partial charge on any atom is 0.268 e. The SMILES string of the molecule is Cc1ccc2c(c1)[C@@H]1C[NH+](C)CC[C@H]1N2C(=O)c1cc2c(s1)CCCC2. The number of piperidine rings is 1. The van der Waals surface area contributed by atoms with E-state index < -0.39 is 0 Å². The van der Waals surface area contributed by atoms with Gasteiger partial charge in [-0.3, -0.25) is 4.79 Å². The fourth-order valence-electron chi connectivity index (χ4n) is 5.18. The van der Waals surface area contributed by atoms with Crippen molar-refractivity contribution >= 4 is 22.9 Å². The quantitative estimate of drug-likeness (QED) is 0.824. The number of carbonyl (C=O) groups excluding carboxylic acids is 1. The molecule has 3 atom stereocenters. The second-order valence-electron chi connectivity index (χ2n) is 8.38. The summed E-state index contributed by atoms with van der Waals surface area (Å²) in [5, 5.41) is 0. The van der Waals surface area contributed by atoms with Crippen molar-refractivity contribution in [2.75, 3.05) is 25.0 Å². The van der Waals surface area contributed by atoms with Gasteiger partial charge in [0.05, 0.1) is 37.0 Å². The van der Waals surface area contributed by atoms with E-state index in [0.717, 1.165) is 42.9 Å². The van der Waals surface area contributed by atoms with Gasteiger partial charge in [0.1, 0.15) is 0 Å². The summed E-state index contributed by atoms with van der Waals surface area (Å²) in [6.45, 7) is 4.44. The molecule has 1 aliphatic carbocycles. The van der Waals surface area contributed by atoms with Gasteiger partial charge in [0.2, 0.25) is 0 Å². The van der Waals surface area contributed by atoms with Crippen LogP contribution < -0.4 is 9.80 Å². The van der Waals surface area contributed by atoms with Gasteiger partial charge in [0.15, 0.2) is 0 Å². The Kier molecular flexibility index (Phi) is 3.94. The van der Waals surface area contributed by atoms with E-state index in [2.05, 4.69) is 43.1 Å². The van der Waals surface area contributed by atoms with E-state index in [-0.39, 0.29) is 5.91 Å². The van der Waals surface area contributed by atoms with E-state index in [0.29, 0.717) is 12.0 Å². The van der Waals surface area contributed by atoms with Gasteiger partial charge in [0, 0.05) is 17.0 Å². The van der Waals surface area contributed by atoms with Crippen LogP contribution in [0.1, 0.15) is 56.4 Å². The number of carbonyl (C=O) groups is 1. The molecule has 1 aromatic carbocycles. The number of fused-ring (bicyclic) bond motifs is 4. The molecule has 0 radical (unpaired) electrons. The minimum absolute atomic E-state index is 0.238. The van der Waals surface area contributed by atoms with Crippen LogP contribution >= 0.6 is 11.3 Å². The normalized spacial score (nSPS) is 27.0. The highest BCUT2D eigenvalue weighted by Gasteiger charge is 2.46. The number of nitrogens with zero attached hydrogens (tertiary/aromatic N) is 1. The predicted octanol–water partition coefficient (Wildman–Crippen LogP) is 2.97. The van der Waals surface area contributed by atoms with Gasteiger partial charge in [-0.1, -0.05) is 17.7 Å². The third kappa shape index (κ3) is 2.54. The summed E-state index contributed by atoms with van der Waals surface area (Å²) < 4.78 is 0. The van der Waals surface area contributed by atoms with Crippen LogP contribution in [0.3, 0.4) is 0 Å². The molecular formula is C22H27N2OS+. The Hall–Kier alpha value is -1.65. The van der Waals surface area contributed by atoms with Crippen LogP contribution in [0.4, 0.5) is 5.69 Å². The molecule has 3 aliphatic rings. The summed E-state index contributed by atoms with van der Waals surface area (Å²) in [6.07, 6.45) is 5.94. The van der Waals surface area contributed by atoms with E-state index >= 15 is 0 Å². The van der Waals surface area contributed by atoms with Crippen LogP contribution in [0.25, 0.3) is 0 Å². The molecule has 4 heteroatoms. The lowest BCUT2D eigenvalue weighted by Crippen LogP contribution is -3.11. The highest BCUT2D eigenvalue weighted by molar-refractivity contribution is 7.14. The summed E-state index contributed by atoms with van der Waals surface area (Å²) >= 11 is 1.75. The Morgan fingerprint density at radius 2 is 2.08 bits per heavy atom. The number of rotatable bonds is 1. The first-order chi connectivity index (χ1) is 12.6. The topological polar surface area (TPSA) is 24.8 Å². The zero-order chi connectivity index (χ0) is 17.8. The lowest BCUT2D eigenvalue weighted by Gasteiger charge is -2.34. The number of likely N-dealkylation sites (tertiary alicyclic amines) is 1. The molecule has 1 fully saturated rings. The van der Waals surface area contributed by atoms with Crippen LogP contribution in [0, 0.1) is 6.92 Å². The minimum Gasteiger partial charge on any atom is -0.337 e. The zero-order valence-electron chi connectivity index (χ0n) is 15.7. The molecule has 0 saturated carbocycles. The number of benzene rings is 1. The molecule has 0 spiro atoms. The molecule has 1 unspecified atom stereocenters. The van der Waals surface area contributed by atoms with Gasteiger partial charge < -0.3 is 9.80 Å². The van der Waals surface area contributed by atoms with Crippen molar-refractivity contribution in [1.29, 1.82) is 0 Å². The molecule has 1 saturated heterocycles. The first-order valence-corrected chi connectivity index (χ1v) is 10.8. The first-order valence-electron chi connectivity index (χ1n) is 9.99. The second kappa shape index (κ2) is 6.21. The molecule has 26 heavy (non-hydrogen) atoms. The number of anilines is 1. The Labute approximate surface area is 159 Å². The third-order valence-electron chi connectivity index (χ3n) is 6.50. The van der Waals surface area contributed by atoms with Crippen molar-refractivity contribution in [2.24, 2.45) is 0 Å². The van der Waals surface area contributed by atoms with Crippen LogP contribution in [0.5, 0.6) is 0 Å². The van der Waals surface area contributed by atoms with Gasteiger partial charge in [-0.05, 0) is 55.9 Å². The second-order valence-corrected chi connectivity index (χ2v) is 9.51. The van der Waals surface area contributed by atoms with E-state index in [4.69, 9.17) is 0 Å². The number of amides is 1. The Morgan fingerprint density at radius 3 is 2.92 bits per heavy atom. The number of thiophene rings is 1. The monoisotopic (exact) mass is 367 g/mol. The maximum absolute atomic E-state index is 13.6. The highest BCUT2D eigenvalue weighted by atomic mass is 32.1. The summed E-state index contributed by atoms with van der Waals surface area (Å²) in [5.74, 6) is 0.721. The highest BCUT2D eigenvalue weighted by Crippen LogP contribution is 2.44. The molecule has 1 amide bonds. The molecule has 5 rings (SSSR count). The van der Waals surface area contributed by atoms with Gasteiger partial charge >= 0.3 is 0 Å². The Bertz CT molecular complexity index is 848. The fourth-order valence-corrected chi connectivity index (χ4v) is 6.37. The summed E-state index contributed by atoms with van der Waals surface area (Å²) in [4.78, 5) is 19.7. The van der Waals surface area contributed by atoms with Crippen molar-refractivity contribution in [3.8, 4) is 0 Å². The molecule has 1 N–H and O–H groups in total. The first kappa shape index (κ1) is 16.5. The molecule has 136 valence electrons. The third-order valence-corrected chi connectivity index (χ3v) is 7.72. The molecule has 2 aromatic rings.